The second-order valence-corrected chi connectivity index (χ2v) is 8.48. The molecule has 0 bridgehead atoms. The zero-order chi connectivity index (χ0) is 20.8. The van der Waals surface area contributed by atoms with Crippen LogP contribution in [-0.2, 0) is 36.4 Å². The third-order valence-electron chi connectivity index (χ3n) is 4.76. The quantitative estimate of drug-likeness (QED) is 0.642. The van der Waals surface area contributed by atoms with Crippen molar-refractivity contribution < 1.29 is 28.0 Å². The molecule has 1 fully saturated rings. The number of rotatable bonds is 7. The summed E-state index contributed by atoms with van der Waals surface area (Å²) in [5.74, 6) is 0.371. The summed E-state index contributed by atoms with van der Waals surface area (Å²) in [7, 11) is 0.266. The summed E-state index contributed by atoms with van der Waals surface area (Å²) < 4.78 is 35.7. The van der Waals surface area contributed by atoms with Gasteiger partial charge in [-0.1, -0.05) is 30.3 Å². The van der Waals surface area contributed by atoms with E-state index in [0.717, 1.165) is 11.3 Å². The molecule has 1 aliphatic rings. The van der Waals surface area contributed by atoms with Crippen molar-refractivity contribution in [2.24, 2.45) is 0 Å². The molecule has 7 heteroatoms. The van der Waals surface area contributed by atoms with Gasteiger partial charge in [-0.05, 0) is 36.8 Å². The number of methoxy groups -OCH3 is 1. The van der Waals surface area contributed by atoms with Crippen LogP contribution in [0.3, 0.4) is 0 Å². The van der Waals surface area contributed by atoms with E-state index >= 15 is 0 Å². The summed E-state index contributed by atoms with van der Waals surface area (Å²) in [6, 6.07) is 16.8. The fourth-order valence-electron chi connectivity index (χ4n) is 3.29. The van der Waals surface area contributed by atoms with Gasteiger partial charge in [-0.3, -0.25) is 9.00 Å². The van der Waals surface area contributed by atoms with Gasteiger partial charge in [-0.15, -0.1) is 0 Å². The Bertz CT molecular complexity index is 823. The molecule has 0 aliphatic carbocycles. The topological polar surface area (TPSA) is 71.1 Å². The van der Waals surface area contributed by atoms with E-state index in [1.54, 1.807) is 7.11 Å². The van der Waals surface area contributed by atoms with Crippen LogP contribution in [0.25, 0.3) is 0 Å². The smallest absolute Gasteiger partial charge is 0.303 e. The Morgan fingerprint density at radius 3 is 2.45 bits per heavy atom. The zero-order valence-corrected chi connectivity index (χ0v) is 17.6. The van der Waals surface area contributed by atoms with Crippen LogP contribution in [0.1, 0.15) is 25.8 Å². The predicted octanol–water partition coefficient (Wildman–Crippen LogP) is 3.45. The Hall–Kier alpha value is -2.22. The van der Waals surface area contributed by atoms with E-state index in [0.29, 0.717) is 17.9 Å². The molecule has 0 N–H and O–H groups in total. The number of hydrogen-bond donors (Lipinski definition) is 0. The highest BCUT2D eigenvalue weighted by molar-refractivity contribution is 7.85. The molecular weight excluding hydrogens is 392 g/mol. The first-order valence-electron chi connectivity index (χ1n) is 9.50. The van der Waals surface area contributed by atoms with Gasteiger partial charge in [-0.25, -0.2) is 0 Å². The maximum atomic E-state index is 13.0. The molecule has 1 aliphatic heterocycles. The average molecular weight is 419 g/mol. The molecule has 156 valence electrons. The standard InChI is InChI=1S/C22H26O6S/c1-15-22(28-16(2)23)20(26-14-17-9-11-18(25-3)12-10-17)13-21(27-15)29(24)19-7-5-4-6-8-19/h4-12,15,20-22H,13-14H2,1-3H3/t15-,20-,21-,22+,29?/m0/s1. The molecule has 0 aromatic heterocycles. The minimum atomic E-state index is -1.35. The SMILES string of the molecule is COc1ccc(CO[C@H]2C[C@H](S(=O)c3ccccc3)O[C@@H](C)[C@H]2OC(C)=O)cc1. The lowest BCUT2D eigenvalue weighted by atomic mass is 10.0. The van der Waals surface area contributed by atoms with Gasteiger partial charge in [0.05, 0.1) is 30.6 Å². The molecule has 0 amide bonds. The van der Waals surface area contributed by atoms with E-state index in [1.807, 2.05) is 61.5 Å². The average Bonchev–Trinajstić information content (AvgIpc) is 2.74. The van der Waals surface area contributed by atoms with Gasteiger partial charge in [-0.2, -0.15) is 0 Å². The van der Waals surface area contributed by atoms with Crippen molar-refractivity contribution in [3.8, 4) is 5.75 Å². The summed E-state index contributed by atoms with van der Waals surface area (Å²) in [6.45, 7) is 3.51. The van der Waals surface area contributed by atoms with E-state index in [2.05, 4.69) is 0 Å². The molecule has 6 nitrogen and oxygen atoms in total. The lowest BCUT2D eigenvalue weighted by molar-refractivity contribution is -0.192. The second kappa shape index (κ2) is 10.0. The van der Waals surface area contributed by atoms with Crippen molar-refractivity contribution >= 4 is 16.8 Å². The van der Waals surface area contributed by atoms with Crippen molar-refractivity contribution in [3.05, 3.63) is 60.2 Å². The number of hydrogen-bond acceptors (Lipinski definition) is 6. The van der Waals surface area contributed by atoms with E-state index < -0.39 is 40.5 Å². The van der Waals surface area contributed by atoms with Gasteiger partial charge < -0.3 is 18.9 Å². The fraction of sp³-hybridized carbons (Fsp3) is 0.409. The molecule has 0 spiro atoms. The Labute approximate surface area is 173 Å². The number of carbonyl (C=O) groups excluding carboxylic acids is 1. The lowest BCUT2D eigenvalue weighted by Gasteiger charge is -2.39. The molecule has 0 radical (unpaired) electrons. The number of carbonyl (C=O) groups is 1. The Morgan fingerprint density at radius 2 is 1.83 bits per heavy atom. The van der Waals surface area contributed by atoms with E-state index in [9.17, 15) is 9.00 Å². The first-order valence-corrected chi connectivity index (χ1v) is 10.7. The zero-order valence-electron chi connectivity index (χ0n) is 16.8. The highest BCUT2D eigenvalue weighted by Gasteiger charge is 2.41. The molecule has 1 saturated heterocycles. The normalized spacial score (nSPS) is 25.2. The minimum Gasteiger partial charge on any atom is -0.497 e. The van der Waals surface area contributed by atoms with E-state index in [4.69, 9.17) is 18.9 Å². The molecule has 0 saturated carbocycles. The third kappa shape index (κ3) is 5.65. The Balaban J connectivity index is 1.73. The van der Waals surface area contributed by atoms with Gasteiger partial charge in [0.1, 0.15) is 17.3 Å². The molecular formula is C22H26O6S. The molecule has 1 heterocycles. The molecule has 29 heavy (non-hydrogen) atoms. The Kier molecular flexibility index (Phi) is 7.41. The van der Waals surface area contributed by atoms with E-state index in [1.165, 1.54) is 6.92 Å². The summed E-state index contributed by atoms with van der Waals surface area (Å²) >= 11 is 0. The van der Waals surface area contributed by atoms with Crippen molar-refractivity contribution in [2.75, 3.05) is 7.11 Å². The second-order valence-electron chi connectivity index (χ2n) is 6.89. The number of benzene rings is 2. The fourth-order valence-corrected chi connectivity index (χ4v) is 4.66. The van der Waals surface area contributed by atoms with Gasteiger partial charge >= 0.3 is 5.97 Å². The largest absolute Gasteiger partial charge is 0.497 e. The van der Waals surface area contributed by atoms with Crippen LogP contribution in [0.2, 0.25) is 0 Å². The molecule has 3 rings (SSSR count). The van der Waals surface area contributed by atoms with Crippen molar-refractivity contribution in [2.45, 2.75) is 55.5 Å². The lowest BCUT2D eigenvalue weighted by Crippen LogP contribution is -2.51. The van der Waals surface area contributed by atoms with E-state index in [-0.39, 0.29) is 0 Å². The van der Waals surface area contributed by atoms with Crippen LogP contribution in [0.4, 0.5) is 0 Å². The molecule has 2 aromatic rings. The molecule has 2 aromatic carbocycles. The molecule has 5 atom stereocenters. The minimum absolute atomic E-state index is 0.337. The van der Waals surface area contributed by atoms with Gasteiger partial charge in [0, 0.05) is 18.2 Å². The van der Waals surface area contributed by atoms with Crippen LogP contribution < -0.4 is 4.74 Å². The Morgan fingerprint density at radius 1 is 1.14 bits per heavy atom. The van der Waals surface area contributed by atoms with Gasteiger partial charge in [0.2, 0.25) is 0 Å². The maximum absolute atomic E-state index is 13.0. The van der Waals surface area contributed by atoms with Crippen molar-refractivity contribution in [1.29, 1.82) is 0 Å². The van der Waals surface area contributed by atoms with Gasteiger partial charge in [0.15, 0.2) is 6.10 Å². The number of ether oxygens (including phenoxy) is 4. The highest BCUT2D eigenvalue weighted by Crippen LogP contribution is 2.30. The third-order valence-corrected chi connectivity index (χ3v) is 6.28. The van der Waals surface area contributed by atoms with Crippen molar-refractivity contribution in [1.82, 2.24) is 0 Å². The first-order chi connectivity index (χ1) is 14.0. The predicted molar refractivity (Wildman–Crippen MR) is 109 cm³/mol. The summed E-state index contributed by atoms with van der Waals surface area (Å²) in [4.78, 5) is 12.3. The maximum Gasteiger partial charge on any atom is 0.303 e. The van der Waals surface area contributed by atoms with Crippen LogP contribution in [0, 0.1) is 0 Å². The number of esters is 1. The summed E-state index contributed by atoms with van der Waals surface area (Å²) in [6.07, 6.45) is -1.07. The summed E-state index contributed by atoms with van der Waals surface area (Å²) in [5.41, 5.74) is 0.423. The molecule has 1 unspecified atom stereocenters. The first kappa shape index (κ1) is 21.5. The van der Waals surface area contributed by atoms with Crippen LogP contribution >= 0.6 is 0 Å². The summed E-state index contributed by atoms with van der Waals surface area (Å²) in [5, 5.41) is 0. The van der Waals surface area contributed by atoms with Crippen molar-refractivity contribution in [3.63, 3.8) is 0 Å². The highest BCUT2D eigenvalue weighted by atomic mass is 32.2. The van der Waals surface area contributed by atoms with Crippen LogP contribution in [0.5, 0.6) is 5.75 Å². The monoisotopic (exact) mass is 418 g/mol. The van der Waals surface area contributed by atoms with Gasteiger partial charge in [0.25, 0.3) is 0 Å². The van der Waals surface area contributed by atoms with Crippen LogP contribution in [0.15, 0.2) is 59.5 Å². The van der Waals surface area contributed by atoms with Crippen LogP contribution in [-0.4, -0.2) is 41.0 Å².